The number of allylic oxidation sites excluding steroid dienone is 1. The van der Waals surface area contributed by atoms with Crippen molar-refractivity contribution in [2.45, 2.75) is 13.5 Å². The van der Waals surface area contributed by atoms with E-state index < -0.39 is 0 Å². The van der Waals surface area contributed by atoms with Gasteiger partial charge in [-0.2, -0.15) is 5.26 Å². The number of hydrogen-bond acceptors (Lipinski definition) is 2. The molecule has 0 heterocycles. The fourth-order valence-electron chi connectivity index (χ4n) is 3.43. The Morgan fingerprint density at radius 3 is 2.45 bits per heavy atom. The molecule has 2 heteroatoms. The Hall–Kier alpha value is -3.83. The molecule has 140 valence electrons. The molecule has 0 amide bonds. The molecule has 0 saturated carbocycles. The Morgan fingerprint density at radius 2 is 1.66 bits per heavy atom. The van der Waals surface area contributed by atoms with E-state index in [-0.39, 0.29) is 0 Å². The minimum absolute atomic E-state index is 0.538. The standard InChI is InChI=1S/C27H21NO/c1-20-6-4-7-22(16-20)19-29-25-14-12-21(13-15-25)17-24(18-28)27-11-5-9-23-8-2-3-10-26(23)27/h2-17H,19H2,1H3/b24-17-. The summed E-state index contributed by atoms with van der Waals surface area (Å²) in [5.74, 6) is 0.812. The lowest BCUT2D eigenvalue weighted by Gasteiger charge is -2.08. The van der Waals surface area contributed by atoms with Crippen molar-refractivity contribution in [3.63, 3.8) is 0 Å². The summed E-state index contributed by atoms with van der Waals surface area (Å²) in [6.45, 7) is 2.61. The van der Waals surface area contributed by atoms with Crippen LogP contribution in [0.15, 0.2) is 91.0 Å². The molecule has 0 fully saturated rings. The Balaban J connectivity index is 1.55. The first-order valence-electron chi connectivity index (χ1n) is 9.61. The van der Waals surface area contributed by atoms with Crippen LogP contribution in [0.25, 0.3) is 22.4 Å². The zero-order valence-corrected chi connectivity index (χ0v) is 16.3. The summed E-state index contributed by atoms with van der Waals surface area (Å²) in [6.07, 6.45) is 1.92. The normalized spacial score (nSPS) is 11.2. The van der Waals surface area contributed by atoms with Crippen LogP contribution in [0.1, 0.15) is 22.3 Å². The van der Waals surface area contributed by atoms with Crippen LogP contribution in [-0.2, 0) is 6.61 Å². The number of rotatable bonds is 5. The summed E-state index contributed by atoms with van der Waals surface area (Å²) in [4.78, 5) is 0. The quantitative estimate of drug-likeness (QED) is 0.284. The Morgan fingerprint density at radius 1 is 0.897 bits per heavy atom. The first-order chi connectivity index (χ1) is 14.2. The summed E-state index contributed by atoms with van der Waals surface area (Å²) in [7, 11) is 0. The lowest BCUT2D eigenvalue weighted by atomic mass is 9.97. The average molecular weight is 375 g/mol. The minimum Gasteiger partial charge on any atom is -0.489 e. The van der Waals surface area contributed by atoms with E-state index in [4.69, 9.17) is 4.74 Å². The molecule has 0 N–H and O–H groups in total. The van der Waals surface area contributed by atoms with E-state index in [1.807, 2.05) is 60.7 Å². The molecule has 0 aliphatic heterocycles. The minimum atomic E-state index is 0.538. The fraction of sp³-hybridized carbons (Fsp3) is 0.0741. The zero-order valence-electron chi connectivity index (χ0n) is 16.3. The van der Waals surface area contributed by atoms with E-state index in [0.717, 1.165) is 33.2 Å². The molecule has 0 spiro atoms. The highest BCUT2D eigenvalue weighted by molar-refractivity contribution is 6.01. The van der Waals surface area contributed by atoms with Crippen molar-refractivity contribution in [1.82, 2.24) is 0 Å². The molecule has 0 saturated heterocycles. The highest BCUT2D eigenvalue weighted by atomic mass is 16.5. The van der Waals surface area contributed by atoms with Gasteiger partial charge in [0.25, 0.3) is 0 Å². The maximum absolute atomic E-state index is 9.74. The molecule has 4 rings (SSSR count). The van der Waals surface area contributed by atoms with Gasteiger partial charge in [-0.15, -0.1) is 0 Å². The van der Waals surface area contributed by atoms with Crippen molar-refractivity contribution in [3.8, 4) is 11.8 Å². The van der Waals surface area contributed by atoms with Crippen LogP contribution in [0.3, 0.4) is 0 Å². The molecule has 2 nitrogen and oxygen atoms in total. The molecule has 0 bridgehead atoms. The lowest BCUT2D eigenvalue weighted by Crippen LogP contribution is -1.95. The predicted molar refractivity (Wildman–Crippen MR) is 119 cm³/mol. The second kappa shape index (κ2) is 8.46. The second-order valence-electron chi connectivity index (χ2n) is 7.04. The van der Waals surface area contributed by atoms with Gasteiger partial charge in [0.1, 0.15) is 12.4 Å². The van der Waals surface area contributed by atoms with Gasteiger partial charge in [0.15, 0.2) is 0 Å². The summed E-state index contributed by atoms with van der Waals surface area (Å²) in [5.41, 5.74) is 4.94. The fourth-order valence-corrected chi connectivity index (χ4v) is 3.43. The maximum Gasteiger partial charge on any atom is 0.119 e. The first kappa shape index (κ1) is 18.5. The molecule has 4 aromatic rings. The van der Waals surface area contributed by atoms with Crippen molar-refractivity contribution in [2.24, 2.45) is 0 Å². The van der Waals surface area contributed by atoms with E-state index in [0.29, 0.717) is 12.2 Å². The van der Waals surface area contributed by atoms with Gasteiger partial charge in [-0.25, -0.2) is 0 Å². The van der Waals surface area contributed by atoms with E-state index in [9.17, 15) is 5.26 Å². The van der Waals surface area contributed by atoms with Crippen molar-refractivity contribution in [2.75, 3.05) is 0 Å². The van der Waals surface area contributed by atoms with Crippen LogP contribution in [-0.4, -0.2) is 0 Å². The number of ether oxygens (including phenoxy) is 1. The molecular weight excluding hydrogens is 354 g/mol. The molecule has 0 atom stereocenters. The molecule has 0 aliphatic carbocycles. The average Bonchev–Trinajstić information content (AvgIpc) is 2.77. The third kappa shape index (κ3) is 4.36. The SMILES string of the molecule is Cc1cccc(COc2ccc(/C=C(/C#N)c3cccc4ccccc34)cc2)c1. The number of aryl methyl sites for hydroxylation is 1. The number of nitriles is 1. The van der Waals surface area contributed by atoms with Crippen LogP contribution in [0, 0.1) is 18.3 Å². The molecule has 0 radical (unpaired) electrons. The smallest absolute Gasteiger partial charge is 0.119 e. The maximum atomic E-state index is 9.74. The van der Waals surface area contributed by atoms with E-state index in [1.54, 1.807) is 0 Å². The van der Waals surface area contributed by atoms with Crippen molar-refractivity contribution < 1.29 is 4.74 Å². The summed E-state index contributed by atoms with van der Waals surface area (Å²) >= 11 is 0. The molecule has 0 aromatic heterocycles. The van der Waals surface area contributed by atoms with Crippen LogP contribution < -0.4 is 4.74 Å². The Bertz CT molecular complexity index is 1210. The van der Waals surface area contributed by atoms with Gasteiger partial charge in [-0.05, 0) is 47.0 Å². The Kier molecular flexibility index (Phi) is 5.40. The number of hydrogen-bond donors (Lipinski definition) is 0. The monoisotopic (exact) mass is 375 g/mol. The predicted octanol–water partition coefficient (Wildman–Crippen LogP) is 6.79. The molecule has 29 heavy (non-hydrogen) atoms. The Labute approximate surface area is 171 Å². The van der Waals surface area contributed by atoms with Crippen molar-refractivity contribution >= 4 is 22.4 Å². The first-order valence-corrected chi connectivity index (χ1v) is 9.61. The summed E-state index contributed by atoms with van der Waals surface area (Å²) < 4.78 is 5.89. The molecule has 0 aliphatic rings. The highest BCUT2D eigenvalue weighted by Gasteiger charge is 2.06. The van der Waals surface area contributed by atoms with E-state index >= 15 is 0 Å². The van der Waals surface area contributed by atoms with Gasteiger partial charge < -0.3 is 4.74 Å². The van der Waals surface area contributed by atoms with Crippen LogP contribution in [0.2, 0.25) is 0 Å². The second-order valence-corrected chi connectivity index (χ2v) is 7.04. The van der Waals surface area contributed by atoms with Gasteiger partial charge in [-0.3, -0.25) is 0 Å². The topological polar surface area (TPSA) is 33.0 Å². The largest absolute Gasteiger partial charge is 0.489 e. The van der Waals surface area contributed by atoms with Gasteiger partial charge >= 0.3 is 0 Å². The lowest BCUT2D eigenvalue weighted by molar-refractivity contribution is 0.306. The van der Waals surface area contributed by atoms with E-state index in [1.165, 1.54) is 5.56 Å². The summed E-state index contributed by atoms with van der Waals surface area (Å²) in [5, 5.41) is 12.0. The number of benzene rings is 4. The number of fused-ring (bicyclic) bond motifs is 1. The third-order valence-electron chi connectivity index (χ3n) is 4.88. The number of nitrogens with zero attached hydrogens (tertiary/aromatic N) is 1. The van der Waals surface area contributed by atoms with Gasteiger partial charge in [0.2, 0.25) is 0 Å². The van der Waals surface area contributed by atoms with Gasteiger partial charge in [-0.1, -0.05) is 84.4 Å². The highest BCUT2D eigenvalue weighted by Crippen LogP contribution is 2.27. The molecule has 4 aromatic carbocycles. The van der Waals surface area contributed by atoms with Crippen molar-refractivity contribution in [3.05, 3.63) is 113 Å². The molecule has 0 unspecified atom stereocenters. The van der Waals surface area contributed by atoms with Gasteiger partial charge in [0, 0.05) is 5.56 Å². The third-order valence-corrected chi connectivity index (χ3v) is 4.88. The van der Waals surface area contributed by atoms with Crippen LogP contribution in [0.4, 0.5) is 0 Å². The van der Waals surface area contributed by atoms with Crippen LogP contribution in [0.5, 0.6) is 5.75 Å². The van der Waals surface area contributed by atoms with Gasteiger partial charge in [0.05, 0.1) is 11.6 Å². The zero-order chi connectivity index (χ0) is 20.1. The molecular formula is C27H21NO. The van der Waals surface area contributed by atoms with Crippen LogP contribution >= 0.6 is 0 Å². The van der Waals surface area contributed by atoms with E-state index in [2.05, 4.69) is 49.4 Å². The summed E-state index contributed by atoms with van der Waals surface area (Å²) in [6, 6.07) is 32.7. The van der Waals surface area contributed by atoms with Crippen molar-refractivity contribution in [1.29, 1.82) is 5.26 Å².